The van der Waals surface area contributed by atoms with Gasteiger partial charge in [-0.3, -0.25) is 0 Å². The molecule has 2 nitrogen and oxygen atoms in total. The molecular formula is C15H31NO. The molecule has 0 bridgehead atoms. The summed E-state index contributed by atoms with van der Waals surface area (Å²) < 4.78 is 0. The lowest BCUT2D eigenvalue weighted by Gasteiger charge is -2.29. The van der Waals surface area contributed by atoms with E-state index in [9.17, 15) is 5.11 Å². The van der Waals surface area contributed by atoms with E-state index in [2.05, 4.69) is 12.2 Å². The summed E-state index contributed by atoms with van der Waals surface area (Å²) in [6.45, 7) is 4.97. The quantitative estimate of drug-likeness (QED) is 0.636. The van der Waals surface area contributed by atoms with Gasteiger partial charge in [0.1, 0.15) is 0 Å². The Morgan fingerprint density at radius 2 is 1.82 bits per heavy atom. The maximum absolute atomic E-state index is 10.3. The van der Waals surface area contributed by atoms with Crippen LogP contribution in [0.5, 0.6) is 0 Å². The third-order valence-electron chi connectivity index (χ3n) is 3.95. The molecule has 1 unspecified atom stereocenters. The first-order chi connectivity index (χ1) is 8.14. The maximum atomic E-state index is 10.3. The van der Waals surface area contributed by atoms with Gasteiger partial charge in [0, 0.05) is 12.6 Å². The molecule has 1 saturated carbocycles. The highest BCUT2D eigenvalue weighted by Crippen LogP contribution is 2.19. The van der Waals surface area contributed by atoms with Crippen molar-refractivity contribution in [2.45, 2.75) is 89.7 Å². The molecule has 0 aromatic heterocycles. The molecule has 1 aliphatic rings. The monoisotopic (exact) mass is 241 g/mol. The van der Waals surface area contributed by atoms with Crippen LogP contribution in [0.4, 0.5) is 0 Å². The normalized spacial score (nSPS) is 21.4. The van der Waals surface area contributed by atoms with Crippen molar-refractivity contribution in [3.63, 3.8) is 0 Å². The zero-order valence-corrected chi connectivity index (χ0v) is 11.8. The standard InChI is InChI=1S/C15H31NO/c1-3-4-5-9-12-15(2,17)13-16-14-10-7-6-8-11-14/h14,16-17H,3-13H2,1-2H3. The second-order valence-electron chi connectivity index (χ2n) is 6.02. The van der Waals surface area contributed by atoms with Crippen LogP contribution < -0.4 is 5.32 Å². The smallest absolute Gasteiger partial charge is 0.0743 e. The molecule has 102 valence electrons. The van der Waals surface area contributed by atoms with E-state index in [0.29, 0.717) is 6.04 Å². The largest absolute Gasteiger partial charge is 0.389 e. The average Bonchev–Trinajstić information content (AvgIpc) is 2.34. The lowest BCUT2D eigenvalue weighted by molar-refractivity contribution is 0.0438. The van der Waals surface area contributed by atoms with Gasteiger partial charge in [0.2, 0.25) is 0 Å². The molecule has 0 aromatic rings. The van der Waals surface area contributed by atoms with Gasteiger partial charge in [0.25, 0.3) is 0 Å². The summed E-state index contributed by atoms with van der Waals surface area (Å²) in [5.74, 6) is 0. The number of unbranched alkanes of at least 4 members (excludes halogenated alkanes) is 3. The van der Waals surface area contributed by atoms with Gasteiger partial charge in [-0.2, -0.15) is 0 Å². The van der Waals surface area contributed by atoms with Crippen molar-refractivity contribution in [2.75, 3.05) is 6.54 Å². The first-order valence-corrected chi connectivity index (χ1v) is 7.60. The summed E-state index contributed by atoms with van der Waals surface area (Å²) in [5, 5.41) is 13.8. The van der Waals surface area contributed by atoms with E-state index >= 15 is 0 Å². The van der Waals surface area contributed by atoms with Gasteiger partial charge in [-0.15, -0.1) is 0 Å². The zero-order chi connectivity index (χ0) is 12.6. The summed E-state index contributed by atoms with van der Waals surface area (Å²) in [4.78, 5) is 0. The van der Waals surface area contributed by atoms with Crippen LogP contribution in [0, 0.1) is 0 Å². The summed E-state index contributed by atoms with van der Waals surface area (Å²) in [6.07, 6.45) is 12.6. The minimum Gasteiger partial charge on any atom is -0.389 e. The third kappa shape index (κ3) is 7.05. The summed E-state index contributed by atoms with van der Waals surface area (Å²) in [7, 11) is 0. The molecule has 0 amide bonds. The van der Waals surface area contributed by atoms with E-state index in [1.54, 1.807) is 0 Å². The molecule has 1 fully saturated rings. The molecule has 1 atom stereocenters. The Bertz CT molecular complexity index is 185. The highest BCUT2D eigenvalue weighted by molar-refractivity contribution is 4.80. The van der Waals surface area contributed by atoms with Crippen LogP contribution in [0.3, 0.4) is 0 Å². The van der Waals surface area contributed by atoms with Crippen molar-refractivity contribution in [1.82, 2.24) is 5.32 Å². The first-order valence-electron chi connectivity index (χ1n) is 7.60. The topological polar surface area (TPSA) is 32.3 Å². The zero-order valence-electron chi connectivity index (χ0n) is 11.8. The van der Waals surface area contributed by atoms with E-state index in [-0.39, 0.29) is 0 Å². The van der Waals surface area contributed by atoms with Crippen molar-refractivity contribution in [2.24, 2.45) is 0 Å². The van der Waals surface area contributed by atoms with Crippen LogP contribution in [0.1, 0.15) is 78.1 Å². The number of hydrogen-bond donors (Lipinski definition) is 2. The van der Waals surface area contributed by atoms with Gasteiger partial charge < -0.3 is 10.4 Å². The van der Waals surface area contributed by atoms with Crippen LogP contribution in [-0.4, -0.2) is 23.3 Å². The molecule has 0 spiro atoms. The maximum Gasteiger partial charge on any atom is 0.0743 e. The van der Waals surface area contributed by atoms with Gasteiger partial charge in [0.05, 0.1) is 5.60 Å². The molecule has 1 aliphatic carbocycles. The fourth-order valence-corrected chi connectivity index (χ4v) is 2.69. The van der Waals surface area contributed by atoms with Crippen molar-refractivity contribution >= 4 is 0 Å². The van der Waals surface area contributed by atoms with Crippen LogP contribution in [0.25, 0.3) is 0 Å². The molecule has 0 aromatic carbocycles. The molecule has 0 aliphatic heterocycles. The van der Waals surface area contributed by atoms with Gasteiger partial charge in [-0.05, 0) is 26.2 Å². The lowest BCUT2D eigenvalue weighted by atomic mass is 9.93. The van der Waals surface area contributed by atoms with Crippen molar-refractivity contribution in [1.29, 1.82) is 0 Å². The summed E-state index contributed by atoms with van der Waals surface area (Å²) >= 11 is 0. The van der Waals surface area contributed by atoms with Gasteiger partial charge in [-0.1, -0.05) is 51.9 Å². The molecule has 0 heterocycles. The van der Waals surface area contributed by atoms with Crippen molar-refractivity contribution in [3.8, 4) is 0 Å². The van der Waals surface area contributed by atoms with Crippen LogP contribution in [0.2, 0.25) is 0 Å². The van der Waals surface area contributed by atoms with Crippen molar-refractivity contribution < 1.29 is 5.11 Å². The fourth-order valence-electron chi connectivity index (χ4n) is 2.69. The highest BCUT2D eigenvalue weighted by Gasteiger charge is 2.22. The van der Waals surface area contributed by atoms with Crippen LogP contribution in [0.15, 0.2) is 0 Å². The van der Waals surface area contributed by atoms with E-state index < -0.39 is 5.60 Å². The Kier molecular flexibility index (Phi) is 7.14. The Labute approximate surface area is 107 Å². The minimum atomic E-state index is -0.509. The van der Waals surface area contributed by atoms with Crippen LogP contribution >= 0.6 is 0 Å². The SMILES string of the molecule is CCCCCCC(C)(O)CNC1CCCCC1. The van der Waals surface area contributed by atoms with E-state index in [1.807, 2.05) is 6.92 Å². The van der Waals surface area contributed by atoms with Crippen LogP contribution in [-0.2, 0) is 0 Å². The molecule has 1 rings (SSSR count). The van der Waals surface area contributed by atoms with E-state index in [0.717, 1.165) is 19.4 Å². The van der Waals surface area contributed by atoms with E-state index in [4.69, 9.17) is 0 Å². The Hall–Kier alpha value is -0.0800. The predicted octanol–water partition coefficient (Wildman–Crippen LogP) is 3.63. The average molecular weight is 241 g/mol. The Morgan fingerprint density at radius 1 is 1.12 bits per heavy atom. The molecular weight excluding hydrogens is 210 g/mol. The molecule has 0 radical (unpaired) electrons. The first kappa shape index (κ1) is 15.0. The molecule has 2 N–H and O–H groups in total. The molecule has 2 heteroatoms. The number of aliphatic hydroxyl groups is 1. The highest BCUT2D eigenvalue weighted by atomic mass is 16.3. The predicted molar refractivity (Wildman–Crippen MR) is 74.3 cm³/mol. The Morgan fingerprint density at radius 3 is 2.47 bits per heavy atom. The lowest BCUT2D eigenvalue weighted by Crippen LogP contribution is -2.43. The minimum absolute atomic E-state index is 0.509. The van der Waals surface area contributed by atoms with Gasteiger partial charge >= 0.3 is 0 Å². The molecule has 17 heavy (non-hydrogen) atoms. The van der Waals surface area contributed by atoms with Crippen molar-refractivity contribution in [3.05, 3.63) is 0 Å². The Balaban J connectivity index is 2.09. The number of nitrogens with one attached hydrogen (secondary N) is 1. The van der Waals surface area contributed by atoms with Gasteiger partial charge in [0.15, 0.2) is 0 Å². The second kappa shape index (κ2) is 8.10. The summed E-state index contributed by atoms with van der Waals surface area (Å²) in [5.41, 5.74) is -0.509. The van der Waals surface area contributed by atoms with Gasteiger partial charge in [-0.25, -0.2) is 0 Å². The van der Waals surface area contributed by atoms with E-state index in [1.165, 1.54) is 51.4 Å². The number of rotatable bonds is 8. The third-order valence-corrected chi connectivity index (χ3v) is 3.95. The fraction of sp³-hybridized carbons (Fsp3) is 1.00. The second-order valence-corrected chi connectivity index (χ2v) is 6.02. The number of hydrogen-bond acceptors (Lipinski definition) is 2. The summed E-state index contributed by atoms with van der Waals surface area (Å²) in [6, 6.07) is 0.658. The molecule has 0 saturated heterocycles.